The highest BCUT2D eigenvalue weighted by Crippen LogP contribution is 2.43. The maximum Gasteiger partial charge on any atom is 0.224 e. The predicted octanol–water partition coefficient (Wildman–Crippen LogP) is 3.21. The lowest BCUT2D eigenvalue weighted by Gasteiger charge is -2.41. The molecule has 100 valence electrons. The molecule has 18 heavy (non-hydrogen) atoms. The van der Waals surface area contributed by atoms with Crippen LogP contribution in [0.25, 0.3) is 0 Å². The van der Waals surface area contributed by atoms with Crippen LogP contribution in [-0.2, 0) is 0 Å². The summed E-state index contributed by atoms with van der Waals surface area (Å²) in [4.78, 5) is 8.79. The first kappa shape index (κ1) is 13.1. The highest BCUT2D eigenvalue weighted by Gasteiger charge is 2.34. The fourth-order valence-corrected chi connectivity index (χ4v) is 2.47. The average Bonchev–Trinajstić information content (AvgIpc) is 2.32. The summed E-state index contributed by atoms with van der Waals surface area (Å²) >= 11 is 0. The van der Waals surface area contributed by atoms with Gasteiger partial charge in [-0.2, -0.15) is 4.98 Å². The van der Waals surface area contributed by atoms with Crippen molar-refractivity contribution in [1.29, 1.82) is 0 Å². The Balaban J connectivity index is 2.01. The van der Waals surface area contributed by atoms with Gasteiger partial charge in [0.2, 0.25) is 5.95 Å². The molecule has 0 amide bonds. The van der Waals surface area contributed by atoms with Crippen LogP contribution in [0.4, 0.5) is 11.8 Å². The van der Waals surface area contributed by atoms with Gasteiger partial charge < -0.3 is 10.6 Å². The summed E-state index contributed by atoms with van der Waals surface area (Å²) in [7, 11) is 0. The highest BCUT2D eigenvalue weighted by atomic mass is 15.1. The number of nitrogens with zero attached hydrogens (tertiary/aromatic N) is 2. The first-order valence-corrected chi connectivity index (χ1v) is 7.00. The second kappa shape index (κ2) is 5.55. The van der Waals surface area contributed by atoms with Gasteiger partial charge in [0, 0.05) is 24.8 Å². The van der Waals surface area contributed by atoms with Gasteiger partial charge in [-0.25, -0.2) is 4.98 Å². The Kier molecular flexibility index (Phi) is 4.04. The van der Waals surface area contributed by atoms with Crippen LogP contribution in [0.1, 0.15) is 45.1 Å². The molecule has 0 aliphatic heterocycles. The smallest absolute Gasteiger partial charge is 0.224 e. The molecule has 0 atom stereocenters. The molecule has 0 saturated heterocycles. The highest BCUT2D eigenvalue weighted by molar-refractivity contribution is 5.46. The van der Waals surface area contributed by atoms with E-state index in [1.165, 1.54) is 25.7 Å². The van der Waals surface area contributed by atoms with Crippen molar-refractivity contribution in [1.82, 2.24) is 9.97 Å². The molecule has 2 N–H and O–H groups in total. The molecule has 1 aliphatic carbocycles. The number of rotatable bonds is 6. The molecule has 1 aliphatic rings. The van der Waals surface area contributed by atoms with Crippen LogP contribution in [0.3, 0.4) is 0 Å². The molecular formula is C14H24N4. The molecule has 1 aromatic heterocycles. The fraction of sp³-hybridized carbons (Fsp3) is 0.714. The molecule has 0 aromatic carbocycles. The first-order chi connectivity index (χ1) is 8.69. The van der Waals surface area contributed by atoms with Crippen molar-refractivity contribution in [2.24, 2.45) is 5.41 Å². The minimum Gasteiger partial charge on any atom is -0.369 e. The van der Waals surface area contributed by atoms with E-state index in [1.54, 1.807) is 0 Å². The SMILES string of the molecule is CCNc1ncc(C)c(NCC2(CC)CCC2)n1. The van der Waals surface area contributed by atoms with Crippen LogP contribution in [-0.4, -0.2) is 23.1 Å². The average molecular weight is 248 g/mol. The van der Waals surface area contributed by atoms with Crippen molar-refractivity contribution in [2.45, 2.75) is 46.5 Å². The van der Waals surface area contributed by atoms with Crippen molar-refractivity contribution in [2.75, 3.05) is 23.7 Å². The van der Waals surface area contributed by atoms with Crippen LogP contribution < -0.4 is 10.6 Å². The summed E-state index contributed by atoms with van der Waals surface area (Å²) in [5, 5.41) is 6.67. The summed E-state index contributed by atoms with van der Waals surface area (Å²) in [5.41, 5.74) is 1.62. The van der Waals surface area contributed by atoms with E-state index < -0.39 is 0 Å². The zero-order chi connectivity index (χ0) is 13.0. The summed E-state index contributed by atoms with van der Waals surface area (Å²) in [6.07, 6.45) is 7.21. The number of hydrogen-bond donors (Lipinski definition) is 2. The Morgan fingerprint density at radius 3 is 2.61 bits per heavy atom. The molecule has 4 heteroatoms. The van der Waals surface area contributed by atoms with Crippen LogP contribution >= 0.6 is 0 Å². The van der Waals surface area contributed by atoms with E-state index in [9.17, 15) is 0 Å². The Labute approximate surface area is 110 Å². The van der Waals surface area contributed by atoms with Crippen LogP contribution in [0.5, 0.6) is 0 Å². The lowest BCUT2D eigenvalue weighted by atomic mass is 9.67. The largest absolute Gasteiger partial charge is 0.369 e. The standard InChI is InChI=1S/C14H24N4/c1-4-14(7-6-8-14)10-17-12-11(3)9-16-13(18-12)15-5-2/h9H,4-8,10H2,1-3H3,(H2,15,16,17,18). The minimum absolute atomic E-state index is 0.510. The maximum absolute atomic E-state index is 4.52. The summed E-state index contributed by atoms with van der Waals surface area (Å²) in [5.74, 6) is 1.69. The normalized spacial score (nSPS) is 17.1. The van der Waals surface area contributed by atoms with E-state index in [2.05, 4.69) is 41.4 Å². The summed E-state index contributed by atoms with van der Waals surface area (Å²) in [6, 6.07) is 0. The zero-order valence-corrected chi connectivity index (χ0v) is 11.7. The molecule has 1 fully saturated rings. The number of anilines is 2. The van der Waals surface area contributed by atoms with Crippen LogP contribution in [0.2, 0.25) is 0 Å². The van der Waals surface area contributed by atoms with Gasteiger partial charge in [-0.1, -0.05) is 13.3 Å². The van der Waals surface area contributed by atoms with Crippen LogP contribution in [0, 0.1) is 12.3 Å². The molecule has 0 bridgehead atoms. The summed E-state index contributed by atoms with van der Waals surface area (Å²) in [6.45, 7) is 8.28. The molecule has 1 saturated carbocycles. The van der Waals surface area contributed by atoms with Crippen LogP contribution in [0.15, 0.2) is 6.20 Å². The zero-order valence-electron chi connectivity index (χ0n) is 11.7. The molecule has 0 radical (unpaired) electrons. The predicted molar refractivity (Wildman–Crippen MR) is 76.0 cm³/mol. The monoisotopic (exact) mass is 248 g/mol. The van der Waals surface area contributed by atoms with E-state index >= 15 is 0 Å². The summed E-state index contributed by atoms with van der Waals surface area (Å²) < 4.78 is 0. The minimum atomic E-state index is 0.510. The fourth-order valence-electron chi connectivity index (χ4n) is 2.47. The second-order valence-corrected chi connectivity index (χ2v) is 5.32. The topological polar surface area (TPSA) is 49.8 Å². The molecule has 1 aromatic rings. The Bertz CT molecular complexity index is 393. The van der Waals surface area contributed by atoms with Gasteiger partial charge in [0.25, 0.3) is 0 Å². The Morgan fingerprint density at radius 2 is 2.06 bits per heavy atom. The van der Waals surface area contributed by atoms with E-state index in [4.69, 9.17) is 0 Å². The lowest BCUT2D eigenvalue weighted by molar-refractivity contribution is 0.145. The molecule has 4 nitrogen and oxygen atoms in total. The second-order valence-electron chi connectivity index (χ2n) is 5.32. The van der Waals surface area contributed by atoms with Gasteiger partial charge in [0.1, 0.15) is 5.82 Å². The third-order valence-electron chi connectivity index (χ3n) is 4.10. The third-order valence-corrected chi connectivity index (χ3v) is 4.10. The van der Waals surface area contributed by atoms with Crippen molar-refractivity contribution >= 4 is 11.8 Å². The van der Waals surface area contributed by atoms with E-state index in [0.717, 1.165) is 24.5 Å². The number of nitrogens with one attached hydrogen (secondary N) is 2. The molecule has 0 spiro atoms. The molecule has 2 rings (SSSR count). The van der Waals surface area contributed by atoms with Crippen molar-refractivity contribution in [3.05, 3.63) is 11.8 Å². The van der Waals surface area contributed by atoms with E-state index in [-0.39, 0.29) is 0 Å². The number of aromatic nitrogens is 2. The Morgan fingerprint density at radius 1 is 1.28 bits per heavy atom. The van der Waals surface area contributed by atoms with E-state index in [1.807, 2.05) is 6.20 Å². The van der Waals surface area contributed by atoms with Crippen molar-refractivity contribution in [3.8, 4) is 0 Å². The molecular weight excluding hydrogens is 224 g/mol. The van der Waals surface area contributed by atoms with E-state index in [0.29, 0.717) is 11.4 Å². The maximum atomic E-state index is 4.52. The van der Waals surface area contributed by atoms with Gasteiger partial charge in [-0.05, 0) is 38.5 Å². The first-order valence-electron chi connectivity index (χ1n) is 7.00. The quantitative estimate of drug-likeness (QED) is 0.811. The molecule has 1 heterocycles. The van der Waals surface area contributed by atoms with Gasteiger partial charge in [0.05, 0.1) is 0 Å². The van der Waals surface area contributed by atoms with Gasteiger partial charge in [0.15, 0.2) is 0 Å². The Hall–Kier alpha value is -1.32. The molecule has 0 unspecified atom stereocenters. The van der Waals surface area contributed by atoms with Crippen molar-refractivity contribution in [3.63, 3.8) is 0 Å². The van der Waals surface area contributed by atoms with Gasteiger partial charge in [-0.3, -0.25) is 0 Å². The lowest BCUT2D eigenvalue weighted by Crippen LogP contribution is -2.36. The van der Waals surface area contributed by atoms with Gasteiger partial charge >= 0.3 is 0 Å². The number of hydrogen-bond acceptors (Lipinski definition) is 4. The number of aryl methyl sites for hydroxylation is 1. The van der Waals surface area contributed by atoms with Gasteiger partial charge in [-0.15, -0.1) is 0 Å². The van der Waals surface area contributed by atoms with Crippen molar-refractivity contribution < 1.29 is 0 Å². The third kappa shape index (κ3) is 2.74.